The quantitative estimate of drug-likeness (QED) is 0.381. The Hall–Kier alpha value is -3.86. The van der Waals surface area contributed by atoms with Gasteiger partial charge in [-0.05, 0) is 36.6 Å². The Kier molecular flexibility index (Phi) is 5.69. The lowest BCUT2D eigenvalue weighted by Gasteiger charge is -2.23. The zero-order valence-electron chi connectivity index (χ0n) is 18.7. The Morgan fingerprint density at radius 3 is 2.85 bits per heavy atom. The first-order chi connectivity index (χ1) is 16.2. The van der Waals surface area contributed by atoms with E-state index in [1.54, 1.807) is 6.33 Å². The van der Waals surface area contributed by atoms with Crippen LogP contribution in [0.5, 0.6) is 0 Å². The van der Waals surface area contributed by atoms with Crippen LogP contribution in [0.15, 0.2) is 36.9 Å². The summed E-state index contributed by atoms with van der Waals surface area (Å²) in [6.07, 6.45) is 9.90. The number of aromatic amines is 1. The van der Waals surface area contributed by atoms with E-state index in [1.165, 1.54) is 39.0 Å². The van der Waals surface area contributed by atoms with Crippen molar-refractivity contribution in [3.05, 3.63) is 42.5 Å². The van der Waals surface area contributed by atoms with Gasteiger partial charge in [0.2, 0.25) is 5.91 Å². The number of rotatable bonds is 6. The summed E-state index contributed by atoms with van der Waals surface area (Å²) in [6.45, 7) is 2.47. The molecule has 1 aliphatic rings. The molecule has 168 valence electrons. The maximum Gasteiger partial charge on any atom is 0.216 e. The zero-order valence-corrected chi connectivity index (χ0v) is 18.7. The number of aromatic nitrogens is 4. The highest BCUT2D eigenvalue weighted by Gasteiger charge is 2.19. The summed E-state index contributed by atoms with van der Waals surface area (Å²) in [5, 5.41) is 15.8. The molecule has 1 saturated carbocycles. The molecule has 0 bridgehead atoms. The van der Waals surface area contributed by atoms with Gasteiger partial charge >= 0.3 is 0 Å². The van der Waals surface area contributed by atoms with Gasteiger partial charge in [-0.15, -0.1) is 0 Å². The number of hydrogen-bond donors (Lipinski definition) is 3. The van der Waals surface area contributed by atoms with Gasteiger partial charge in [0.15, 0.2) is 0 Å². The van der Waals surface area contributed by atoms with Crippen molar-refractivity contribution >= 4 is 33.7 Å². The van der Waals surface area contributed by atoms with Gasteiger partial charge in [-0.1, -0.05) is 25.3 Å². The predicted octanol–water partition coefficient (Wildman–Crippen LogP) is 4.50. The lowest BCUT2D eigenvalue weighted by atomic mass is 9.95. The molecule has 0 radical (unpaired) electrons. The maximum atomic E-state index is 11.2. The SMILES string of the molecule is CC(=O)NCCNc1cc(-c2ccc3c(c2)ncn3C2CCCCC2)c2nc[nH]c2c1C#N. The molecule has 2 aromatic carbocycles. The van der Waals surface area contributed by atoms with Crippen LogP contribution in [0.25, 0.3) is 33.2 Å². The molecule has 33 heavy (non-hydrogen) atoms. The first-order valence-corrected chi connectivity index (χ1v) is 11.5. The van der Waals surface area contributed by atoms with Crippen LogP contribution in [-0.4, -0.2) is 38.5 Å². The van der Waals surface area contributed by atoms with E-state index in [0.29, 0.717) is 35.9 Å². The fourth-order valence-electron chi connectivity index (χ4n) is 4.87. The largest absolute Gasteiger partial charge is 0.382 e. The molecule has 0 spiro atoms. The normalized spacial score (nSPS) is 14.4. The summed E-state index contributed by atoms with van der Waals surface area (Å²) >= 11 is 0. The number of nitriles is 1. The number of anilines is 1. The van der Waals surface area contributed by atoms with E-state index < -0.39 is 0 Å². The number of carbonyl (C=O) groups is 1. The summed E-state index contributed by atoms with van der Waals surface area (Å²) in [5.41, 5.74) is 6.73. The van der Waals surface area contributed by atoms with Gasteiger partial charge in [-0.2, -0.15) is 5.26 Å². The molecule has 1 aliphatic carbocycles. The van der Waals surface area contributed by atoms with Gasteiger partial charge in [0.05, 0.1) is 40.4 Å². The number of amides is 1. The van der Waals surface area contributed by atoms with Crippen molar-refractivity contribution in [2.24, 2.45) is 0 Å². The van der Waals surface area contributed by atoms with E-state index in [1.807, 2.05) is 12.4 Å². The zero-order chi connectivity index (χ0) is 22.8. The standard InChI is InChI=1S/C25H27N7O/c1-16(33)27-9-10-28-21-12-19(24-25(20(21)13-26)30-14-29-24)17-7-8-23-22(11-17)31-15-32(23)18-5-3-2-4-6-18/h7-8,11-12,14-15,18,28H,2-6,9-10H2,1H3,(H,27,33)(H,29,30). The van der Waals surface area contributed by atoms with Crippen molar-refractivity contribution in [2.45, 2.75) is 45.1 Å². The number of H-pyrrole nitrogens is 1. The minimum absolute atomic E-state index is 0.0806. The Morgan fingerprint density at radius 1 is 1.21 bits per heavy atom. The van der Waals surface area contributed by atoms with E-state index in [4.69, 9.17) is 4.98 Å². The number of fused-ring (bicyclic) bond motifs is 2. The average Bonchev–Trinajstić information content (AvgIpc) is 3.48. The van der Waals surface area contributed by atoms with Crippen molar-refractivity contribution in [3.63, 3.8) is 0 Å². The maximum absolute atomic E-state index is 11.2. The number of carbonyl (C=O) groups excluding carboxylic acids is 1. The van der Waals surface area contributed by atoms with E-state index in [2.05, 4.69) is 49.4 Å². The molecule has 1 fully saturated rings. The molecule has 4 aromatic rings. The molecule has 3 N–H and O–H groups in total. The molecular weight excluding hydrogens is 414 g/mol. The lowest BCUT2D eigenvalue weighted by Crippen LogP contribution is -2.26. The van der Waals surface area contributed by atoms with E-state index in [-0.39, 0.29) is 5.91 Å². The highest BCUT2D eigenvalue weighted by molar-refractivity contribution is 6.00. The van der Waals surface area contributed by atoms with Crippen molar-refractivity contribution in [2.75, 3.05) is 18.4 Å². The van der Waals surface area contributed by atoms with Crippen LogP contribution < -0.4 is 10.6 Å². The van der Waals surface area contributed by atoms with Crippen LogP contribution >= 0.6 is 0 Å². The molecular formula is C25H27N7O. The third kappa shape index (κ3) is 4.02. The summed E-state index contributed by atoms with van der Waals surface area (Å²) in [4.78, 5) is 23.5. The highest BCUT2D eigenvalue weighted by Crippen LogP contribution is 2.36. The fraction of sp³-hybridized carbons (Fsp3) is 0.360. The summed E-state index contributed by atoms with van der Waals surface area (Å²) in [6, 6.07) is 11.1. The first kappa shape index (κ1) is 21.0. The molecule has 2 aromatic heterocycles. The summed E-state index contributed by atoms with van der Waals surface area (Å²) in [7, 11) is 0. The summed E-state index contributed by atoms with van der Waals surface area (Å²) in [5.74, 6) is -0.0806. The Morgan fingerprint density at radius 2 is 2.06 bits per heavy atom. The fourth-order valence-corrected chi connectivity index (χ4v) is 4.87. The third-order valence-corrected chi connectivity index (χ3v) is 6.48. The number of nitrogens with zero attached hydrogens (tertiary/aromatic N) is 4. The van der Waals surface area contributed by atoms with Crippen molar-refractivity contribution in [1.29, 1.82) is 5.26 Å². The Bertz CT molecular complexity index is 1350. The molecule has 0 aliphatic heterocycles. The number of benzene rings is 2. The van der Waals surface area contributed by atoms with Crippen molar-refractivity contribution in [3.8, 4) is 17.2 Å². The molecule has 8 heteroatoms. The van der Waals surface area contributed by atoms with Crippen LogP contribution in [0.4, 0.5) is 5.69 Å². The lowest BCUT2D eigenvalue weighted by molar-refractivity contribution is -0.118. The van der Waals surface area contributed by atoms with Gasteiger partial charge in [0.1, 0.15) is 11.6 Å². The molecule has 1 amide bonds. The molecule has 2 heterocycles. The monoisotopic (exact) mass is 441 g/mol. The smallest absolute Gasteiger partial charge is 0.216 e. The molecule has 8 nitrogen and oxygen atoms in total. The van der Waals surface area contributed by atoms with Crippen LogP contribution in [-0.2, 0) is 4.79 Å². The van der Waals surface area contributed by atoms with Gasteiger partial charge in [-0.3, -0.25) is 4.79 Å². The van der Waals surface area contributed by atoms with Crippen LogP contribution in [0, 0.1) is 11.3 Å². The molecule has 5 rings (SSSR count). The van der Waals surface area contributed by atoms with Gasteiger partial charge in [0.25, 0.3) is 0 Å². The Balaban J connectivity index is 1.52. The van der Waals surface area contributed by atoms with E-state index in [0.717, 1.165) is 27.7 Å². The van der Waals surface area contributed by atoms with Crippen molar-refractivity contribution in [1.82, 2.24) is 24.8 Å². The first-order valence-electron chi connectivity index (χ1n) is 11.5. The molecule has 0 unspecified atom stereocenters. The number of nitrogens with one attached hydrogen (secondary N) is 3. The van der Waals surface area contributed by atoms with Gasteiger partial charge in [-0.25, -0.2) is 9.97 Å². The second-order valence-corrected chi connectivity index (χ2v) is 8.64. The second kappa shape index (κ2) is 8.94. The molecule has 0 saturated heterocycles. The van der Waals surface area contributed by atoms with Crippen LogP contribution in [0.1, 0.15) is 50.6 Å². The van der Waals surface area contributed by atoms with Gasteiger partial charge < -0.3 is 20.2 Å². The third-order valence-electron chi connectivity index (χ3n) is 6.48. The second-order valence-electron chi connectivity index (χ2n) is 8.64. The van der Waals surface area contributed by atoms with E-state index in [9.17, 15) is 10.1 Å². The Labute approximate surface area is 192 Å². The number of imidazole rings is 2. The predicted molar refractivity (Wildman–Crippen MR) is 129 cm³/mol. The van der Waals surface area contributed by atoms with E-state index >= 15 is 0 Å². The number of hydrogen-bond acceptors (Lipinski definition) is 5. The average molecular weight is 442 g/mol. The molecule has 0 atom stereocenters. The minimum Gasteiger partial charge on any atom is -0.382 e. The summed E-state index contributed by atoms with van der Waals surface area (Å²) < 4.78 is 2.33. The van der Waals surface area contributed by atoms with Gasteiger partial charge in [0, 0.05) is 31.6 Å². The van der Waals surface area contributed by atoms with Crippen LogP contribution in [0.2, 0.25) is 0 Å². The topological polar surface area (TPSA) is 111 Å². The van der Waals surface area contributed by atoms with Crippen molar-refractivity contribution < 1.29 is 4.79 Å². The highest BCUT2D eigenvalue weighted by atomic mass is 16.1. The minimum atomic E-state index is -0.0806. The van der Waals surface area contributed by atoms with Crippen LogP contribution in [0.3, 0.4) is 0 Å².